The lowest BCUT2D eigenvalue weighted by Gasteiger charge is -2.40. The number of hydrogen-bond donors (Lipinski definition) is 2. The fourth-order valence-electron chi connectivity index (χ4n) is 5.29. The van der Waals surface area contributed by atoms with E-state index in [1.807, 2.05) is 19.1 Å². The Morgan fingerprint density at radius 2 is 1.97 bits per heavy atom. The summed E-state index contributed by atoms with van der Waals surface area (Å²) in [5.74, 6) is 3.42. The number of aromatic nitrogens is 2. The van der Waals surface area contributed by atoms with Crippen molar-refractivity contribution in [2.75, 3.05) is 56.7 Å². The molecule has 4 rings (SSSR count). The first-order valence-electron chi connectivity index (χ1n) is 12.2. The van der Waals surface area contributed by atoms with Crippen LogP contribution >= 0.6 is 23.2 Å². The predicted molar refractivity (Wildman–Crippen MR) is 138 cm³/mol. The molecule has 0 radical (unpaired) electrons. The van der Waals surface area contributed by atoms with Gasteiger partial charge in [0.15, 0.2) is 11.6 Å². The van der Waals surface area contributed by atoms with Gasteiger partial charge in [-0.2, -0.15) is 4.98 Å². The van der Waals surface area contributed by atoms with E-state index >= 15 is 0 Å². The van der Waals surface area contributed by atoms with E-state index in [9.17, 15) is 5.11 Å². The number of halogens is 2. The van der Waals surface area contributed by atoms with Crippen molar-refractivity contribution in [2.45, 2.75) is 38.6 Å². The summed E-state index contributed by atoms with van der Waals surface area (Å²) in [6.45, 7) is 7.21. The summed E-state index contributed by atoms with van der Waals surface area (Å²) < 4.78 is 5.52. The average Bonchev–Trinajstić information content (AvgIpc) is 2.84. The first kappa shape index (κ1) is 25.3. The molecule has 2 atom stereocenters. The Bertz CT molecular complexity index is 953. The van der Waals surface area contributed by atoms with Gasteiger partial charge < -0.3 is 25.0 Å². The van der Waals surface area contributed by atoms with Crippen LogP contribution < -0.4 is 15.0 Å². The molecular weight excluding hydrogens is 473 g/mol. The van der Waals surface area contributed by atoms with Crippen molar-refractivity contribution in [3.05, 3.63) is 40.0 Å². The van der Waals surface area contributed by atoms with Gasteiger partial charge in [-0.25, -0.2) is 4.98 Å². The second kappa shape index (κ2) is 11.8. The molecule has 1 aromatic heterocycles. The maximum atomic E-state index is 9.29. The van der Waals surface area contributed by atoms with Crippen LogP contribution in [0.3, 0.4) is 0 Å². The van der Waals surface area contributed by atoms with Gasteiger partial charge in [-0.15, -0.1) is 0 Å². The number of piperidine rings is 2. The topological polar surface area (TPSA) is 73.8 Å². The summed E-state index contributed by atoms with van der Waals surface area (Å²) in [7, 11) is 1.62. The van der Waals surface area contributed by atoms with Gasteiger partial charge in [-0.3, -0.25) is 0 Å². The standard InChI is InChI=1S/C25H35Cl2N5O2/c1-17(21-6-5-20(26)14-22(21)27)29-24-23(34-2)15-28-25(30-24)32-10-7-18(8-11-32)19-4-3-9-31(16-19)12-13-33/h5-6,14-15,17-19,33H,3-4,7-13,16H2,1-2H3,(H,28,29,30)/t17-,19?/m1/s1. The van der Waals surface area contributed by atoms with Gasteiger partial charge in [0.2, 0.25) is 5.95 Å². The third-order valence-electron chi connectivity index (χ3n) is 7.19. The highest BCUT2D eigenvalue weighted by atomic mass is 35.5. The van der Waals surface area contributed by atoms with Crippen LogP contribution in [0.1, 0.15) is 44.2 Å². The number of β-amino-alcohol motifs (C(OH)–C–C–N with tert-alkyl or cyclic N) is 1. The molecule has 0 amide bonds. The second-order valence-corrected chi connectivity index (χ2v) is 10.2. The minimum absolute atomic E-state index is 0.0830. The van der Waals surface area contributed by atoms with Crippen LogP contribution in [0.4, 0.5) is 11.8 Å². The van der Waals surface area contributed by atoms with Crippen LogP contribution in [0.15, 0.2) is 24.4 Å². The van der Waals surface area contributed by atoms with Crippen molar-refractivity contribution in [3.63, 3.8) is 0 Å². The molecule has 2 N–H and O–H groups in total. The molecule has 0 spiro atoms. The van der Waals surface area contributed by atoms with Crippen molar-refractivity contribution in [1.29, 1.82) is 0 Å². The zero-order valence-corrected chi connectivity index (χ0v) is 21.5. The van der Waals surface area contributed by atoms with Crippen molar-refractivity contribution >= 4 is 35.0 Å². The van der Waals surface area contributed by atoms with Gasteiger partial charge in [-0.05, 0) is 68.7 Å². The number of hydrogen-bond acceptors (Lipinski definition) is 7. The number of aliphatic hydroxyl groups is 1. The zero-order chi connectivity index (χ0) is 24.1. The van der Waals surface area contributed by atoms with E-state index in [0.717, 1.165) is 68.9 Å². The molecule has 2 fully saturated rings. The number of nitrogens with one attached hydrogen (secondary N) is 1. The quantitative estimate of drug-likeness (QED) is 0.526. The molecule has 1 aromatic carbocycles. The molecule has 1 unspecified atom stereocenters. The highest BCUT2D eigenvalue weighted by molar-refractivity contribution is 6.35. The zero-order valence-electron chi connectivity index (χ0n) is 20.0. The Morgan fingerprint density at radius 1 is 1.18 bits per heavy atom. The van der Waals surface area contributed by atoms with Gasteiger partial charge in [0.25, 0.3) is 0 Å². The van der Waals surface area contributed by atoms with E-state index in [0.29, 0.717) is 21.6 Å². The Labute approximate surface area is 212 Å². The van der Waals surface area contributed by atoms with Crippen LogP contribution in [0.5, 0.6) is 5.75 Å². The summed E-state index contributed by atoms with van der Waals surface area (Å²) in [6, 6.07) is 5.43. The molecule has 2 aliphatic heterocycles. The second-order valence-electron chi connectivity index (χ2n) is 9.37. The Hall–Kier alpha value is -1.80. The molecule has 2 saturated heterocycles. The van der Waals surface area contributed by atoms with Gasteiger partial charge in [-0.1, -0.05) is 29.3 Å². The minimum Gasteiger partial charge on any atom is -0.491 e. The largest absolute Gasteiger partial charge is 0.491 e. The van der Waals surface area contributed by atoms with E-state index < -0.39 is 0 Å². The van der Waals surface area contributed by atoms with Gasteiger partial charge in [0, 0.05) is 36.2 Å². The fraction of sp³-hybridized carbons (Fsp3) is 0.600. The Morgan fingerprint density at radius 3 is 2.68 bits per heavy atom. The van der Waals surface area contributed by atoms with Crippen LogP contribution in [-0.4, -0.2) is 66.4 Å². The SMILES string of the molecule is COc1cnc(N2CCC(C3CCCN(CCO)C3)CC2)nc1N[C@H](C)c1ccc(Cl)cc1Cl. The molecule has 2 aliphatic rings. The van der Waals surface area contributed by atoms with E-state index in [-0.39, 0.29) is 12.6 Å². The molecule has 9 heteroatoms. The first-order chi connectivity index (χ1) is 16.5. The fourth-order valence-corrected chi connectivity index (χ4v) is 5.87. The lowest BCUT2D eigenvalue weighted by Crippen LogP contribution is -2.43. The third-order valence-corrected chi connectivity index (χ3v) is 7.75. The molecule has 186 valence electrons. The van der Waals surface area contributed by atoms with E-state index in [1.54, 1.807) is 19.4 Å². The summed E-state index contributed by atoms with van der Waals surface area (Å²) in [5.41, 5.74) is 0.942. The molecule has 7 nitrogen and oxygen atoms in total. The van der Waals surface area contributed by atoms with Crippen LogP contribution in [0.2, 0.25) is 10.0 Å². The van der Waals surface area contributed by atoms with Gasteiger partial charge >= 0.3 is 0 Å². The monoisotopic (exact) mass is 507 g/mol. The maximum Gasteiger partial charge on any atom is 0.227 e. The van der Waals surface area contributed by atoms with E-state index in [2.05, 4.69) is 20.1 Å². The van der Waals surface area contributed by atoms with Gasteiger partial charge in [0.1, 0.15) is 0 Å². The first-order valence-corrected chi connectivity index (χ1v) is 12.9. The van der Waals surface area contributed by atoms with Crippen molar-refractivity contribution < 1.29 is 9.84 Å². The number of likely N-dealkylation sites (tertiary alicyclic amines) is 1. The van der Waals surface area contributed by atoms with Crippen LogP contribution in [0.25, 0.3) is 0 Å². The number of ether oxygens (including phenoxy) is 1. The number of benzene rings is 1. The smallest absolute Gasteiger partial charge is 0.227 e. The summed E-state index contributed by atoms with van der Waals surface area (Å²) in [4.78, 5) is 14.1. The Kier molecular flexibility index (Phi) is 8.75. The van der Waals surface area contributed by atoms with Crippen LogP contribution in [0, 0.1) is 11.8 Å². The Balaban J connectivity index is 1.41. The van der Waals surface area contributed by atoms with E-state index in [1.165, 1.54) is 12.8 Å². The number of aliphatic hydroxyl groups excluding tert-OH is 1. The molecule has 0 bridgehead atoms. The third kappa shape index (κ3) is 6.06. The molecule has 2 aromatic rings. The highest BCUT2D eigenvalue weighted by Gasteiger charge is 2.31. The number of methoxy groups -OCH3 is 1. The molecule has 0 saturated carbocycles. The summed E-state index contributed by atoms with van der Waals surface area (Å²) in [6.07, 6.45) is 6.56. The average molecular weight is 508 g/mol. The number of anilines is 2. The summed E-state index contributed by atoms with van der Waals surface area (Å²) >= 11 is 12.5. The summed E-state index contributed by atoms with van der Waals surface area (Å²) in [5, 5.41) is 14.0. The number of rotatable bonds is 8. The normalized spacial score (nSPS) is 20.9. The predicted octanol–water partition coefficient (Wildman–Crippen LogP) is 4.89. The van der Waals surface area contributed by atoms with Gasteiger partial charge in [0.05, 0.1) is 26.0 Å². The lowest BCUT2D eigenvalue weighted by molar-refractivity contribution is 0.103. The van der Waals surface area contributed by atoms with E-state index in [4.69, 9.17) is 32.9 Å². The number of nitrogens with zero attached hydrogens (tertiary/aromatic N) is 4. The molecular formula is C25H35Cl2N5O2. The highest BCUT2D eigenvalue weighted by Crippen LogP contribution is 2.34. The van der Waals surface area contributed by atoms with Crippen molar-refractivity contribution in [3.8, 4) is 5.75 Å². The maximum absolute atomic E-state index is 9.29. The molecule has 3 heterocycles. The molecule has 0 aliphatic carbocycles. The van der Waals surface area contributed by atoms with Crippen molar-refractivity contribution in [1.82, 2.24) is 14.9 Å². The van der Waals surface area contributed by atoms with Crippen LogP contribution in [-0.2, 0) is 0 Å². The van der Waals surface area contributed by atoms with Crippen molar-refractivity contribution in [2.24, 2.45) is 11.8 Å². The molecule has 34 heavy (non-hydrogen) atoms. The minimum atomic E-state index is -0.0830. The lowest BCUT2D eigenvalue weighted by atomic mass is 9.80.